The van der Waals surface area contributed by atoms with Crippen LogP contribution in [0.15, 0.2) is 30.9 Å². The van der Waals surface area contributed by atoms with Crippen molar-refractivity contribution in [3.8, 4) is 0 Å². The number of carbonyl (C=O) groups excluding carboxylic acids is 1. The summed E-state index contributed by atoms with van der Waals surface area (Å²) < 4.78 is 5.31. The number of rotatable bonds is 5. The van der Waals surface area contributed by atoms with E-state index in [0.29, 0.717) is 17.9 Å². The number of nitrogens with zero attached hydrogens (tertiary/aromatic N) is 6. The summed E-state index contributed by atoms with van der Waals surface area (Å²) in [4.78, 5) is 12.1. The lowest BCUT2D eigenvalue weighted by molar-refractivity contribution is 0.102. The molecule has 8 nitrogen and oxygen atoms in total. The average Bonchev–Trinajstić information content (AvgIpc) is 3.22. The van der Waals surface area contributed by atoms with Crippen molar-refractivity contribution >= 4 is 11.6 Å². The van der Waals surface area contributed by atoms with E-state index in [1.807, 2.05) is 17.8 Å². The van der Waals surface area contributed by atoms with Crippen molar-refractivity contribution in [3.63, 3.8) is 0 Å². The molecule has 3 aromatic rings. The van der Waals surface area contributed by atoms with E-state index in [1.165, 1.54) is 0 Å². The van der Waals surface area contributed by atoms with Crippen LogP contribution < -0.4 is 5.32 Å². The van der Waals surface area contributed by atoms with Gasteiger partial charge in [-0.3, -0.25) is 18.8 Å². The zero-order valence-corrected chi connectivity index (χ0v) is 13.4. The molecule has 0 aliphatic rings. The maximum atomic E-state index is 12.1. The molecule has 1 amide bonds. The van der Waals surface area contributed by atoms with Crippen LogP contribution in [0.5, 0.6) is 0 Å². The molecule has 3 heterocycles. The SMILES string of the molecule is CCn1ncc(Cn2cc(NC(=O)c3ccn(C)n3)cn2)c1C. The summed E-state index contributed by atoms with van der Waals surface area (Å²) in [7, 11) is 1.77. The Bertz CT molecular complexity index is 827. The molecule has 0 spiro atoms. The number of hydrogen-bond acceptors (Lipinski definition) is 4. The number of nitrogens with one attached hydrogen (secondary N) is 1. The minimum atomic E-state index is -0.250. The Morgan fingerprint density at radius 1 is 1.30 bits per heavy atom. The predicted molar refractivity (Wildman–Crippen MR) is 85.1 cm³/mol. The molecule has 0 unspecified atom stereocenters. The molecule has 0 aliphatic carbocycles. The van der Waals surface area contributed by atoms with Crippen molar-refractivity contribution in [2.75, 3.05) is 5.32 Å². The number of aryl methyl sites for hydroxylation is 2. The van der Waals surface area contributed by atoms with Gasteiger partial charge in [0.05, 0.1) is 24.6 Å². The Hall–Kier alpha value is -2.90. The van der Waals surface area contributed by atoms with Crippen molar-refractivity contribution < 1.29 is 4.79 Å². The number of amides is 1. The highest BCUT2D eigenvalue weighted by Gasteiger charge is 2.11. The first kappa shape index (κ1) is 15.0. The minimum Gasteiger partial charge on any atom is -0.318 e. The Morgan fingerprint density at radius 3 is 2.78 bits per heavy atom. The second-order valence-corrected chi connectivity index (χ2v) is 5.33. The zero-order chi connectivity index (χ0) is 16.4. The molecule has 120 valence electrons. The summed E-state index contributed by atoms with van der Waals surface area (Å²) in [5.74, 6) is -0.250. The van der Waals surface area contributed by atoms with E-state index >= 15 is 0 Å². The lowest BCUT2D eigenvalue weighted by Gasteiger charge is -2.03. The smallest absolute Gasteiger partial charge is 0.276 e. The van der Waals surface area contributed by atoms with Crippen LogP contribution in [-0.4, -0.2) is 35.2 Å². The maximum Gasteiger partial charge on any atom is 0.276 e. The summed E-state index contributed by atoms with van der Waals surface area (Å²) in [6, 6.07) is 1.67. The van der Waals surface area contributed by atoms with E-state index in [4.69, 9.17) is 0 Å². The van der Waals surface area contributed by atoms with Gasteiger partial charge in [-0.1, -0.05) is 0 Å². The average molecular weight is 313 g/mol. The zero-order valence-electron chi connectivity index (χ0n) is 13.4. The fraction of sp³-hybridized carbons (Fsp3) is 0.333. The van der Waals surface area contributed by atoms with Crippen LogP contribution in [0.25, 0.3) is 0 Å². The van der Waals surface area contributed by atoms with Gasteiger partial charge in [0.15, 0.2) is 5.69 Å². The van der Waals surface area contributed by atoms with Gasteiger partial charge in [-0.25, -0.2) is 0 Å². The molecule has 0 saturated carbocycles. The molecule has 23 heavy (non-hydrogen) atoms. The van der Waals surface area contributed by atoms with E-state index < -0.39 is 0 Å². The first-order valence-corrected chi connectivity index (χ1v) is 7.41. The fourth-order valence-electron chi connectivity index (χ4n) is 2.38. The molecule has 3 rings (SSSR count). The summed E-state index contributed by atoms with van der Waals surface area (Å²) >= 11 is 0. The van der Waals surface area contributed by atoms with Crippen LogP contribution in [0.3, 0.4) is 0 Å². The van der Waals surface area contributed by atoms with Crippen LogP contribution in [-0.2, 0) is 20.1 Å². The van der Waals surface area contributed by atoms with E-state index in [-0.39, 0.29) is 5.91 Å². The lowest BCUT2D eigenvalue weighted by Crippen LogP contribution is -2.12. The first-order valence-electron chi connectivity index (χ1n) is 7.41. The monoisotopic (exact) mass is 313 g/mol. The molecule has 0 fully saturated rings. The topological polar surface area (TPSA) is 82.6 Å². The molecular formula is C15H19N7O. The second-order valence-electron chi connectivity index (χ2n) is 5.33. The van der Waals surface area contributed by atoms with Gasteiger partial charge in [-0.15, -0.1) is 0 Å². The third kappa shape index (κ3) is 3.15. The summed E-state index contributed by atoms with van der Waals surface area (Å²) in [6.07, 6.45) is 7.00. The van der Waals surface area contributed by atoms with Gasteiger partial charge in [0.2, 0.25) is 0 Å². The molecule has 0 atom stereocenters. The third-order valence-corrected chi connectivity index (χ3v) is 3.67. The van der Waals surface area contributed by atoms with E-state index in [9.17, 15) is 4.79 Å². The molecule has 3 aromatic heterocycles. The normalized spacial score (nSPS) is 10.9. The number of carbonyl (C=O) groups is 1. The summed E-state index contributed by atoms with van der Waals surface area (Å²) in [6.45, 7) is 5.56. The number of anilines is 1. The highest BCUT2D eigenvalue weighted by molar-refractivity contribution is 6.02. The Balaban J connectivity index is 1.68. The molecule has 8 heteroatoms. The van der Waals surface area contributed by atoms with Crippen molar-refractivity contribution in [2.45, 2.75) is 26.9 Å². The van der Waals surface area contributed by atoms with Crippen molar-refractivity contribution in [3.05, 3.63) is 47.8 Å². The van der Waals surface area contributed by atoms with Gasteiger partial charge in [0.25, 0.3) is 5.91 Å². The Labute approximate surface area is 133 Å². The Kier molecular flexibility index (Phi) is 3.96. The lowest BCUT2D eigenvalue weighted by atomic mass is 10.2. The van der Waals surface area contributed by atoms with Crippen LogP contribution in [0.1, 0.15) is 28.7 Å². The van der Waals surface area contributed by atoms with Gasteiger partial charge < -0.3 is 5.32 Å². The molecule has 0 aromatic carbocycles. The fourth-order valence-corrected chi connectivity index (χ4v) is 2.38. The molecule has 0 bridgehead atoms. The predicted octanol–water partition coefficient (Wildman–Crippen LogP) is 1.44. The van der Waals surface area contributed by atoms with Gasteiger partial charge in [-0.05, 0) is 19.9 Å². The first-order chi connectivity index (χ1) is 11.1. The highest BCUT2D eigenvalue weighted by Crippen LogP contribution is 2.12. The molecule has 0 aliphatic heterocycles. The highest BCUT2D eigenvalue weighted by atomic mass is 16.2. The maximum absolute atomic E-state index is 12.1. The molecule has 0 radical (unpaired) electrons. The van der Waals surface area contributed by atoms with Crippen LogP contribution in [0, 0.1) is 6.92 Å². The quantitative estimate of drug-likeness (QED) is 0.772. The summed E-state index contributed by atoms with van der Waals surface area (Å²) in [5.41, 5.74) is 3.25. The van der Waals surface area contributed by atoms with Crippen molar-refractivity contribution in [1.82, 2.24) is 29.3 Å². The third-order valence-electron chi connectivity index (χ3n) is 3.67. The van der Waals surface area contributed by atoms with E-state index in [2.05, 4.69) is 27.5 Å². The van der Waals surface area contributed by atoms with Crippen molar-refractivity contribution in [2.24, 2.45) is 7.05 Å². The molecule has 0 saturated heterocycles. The number of aromatic nitrogens is 6. The molecule has 1 N–H and O–H groups in total. The van der Waals surface area contributed by atoms with E-state index in [1.54, 1.807) is 41.1 Å². The number of hydrogen-bond donors (Lipinski definition) is 1. The van der Waals surface area contributed by atoms with Crippen LogP contribution >= 0.6 is 0 Å². The Morgan fingerprint density at radius 2 is 2.13 bits per heavy atom. The standard InChI is InChI=1S/C15H19N7O/c1-4-22-11(2)12(7-17-22)9-21-10-13(8-16-21)18-15(23)14-5-6-20(3)19-14/h5-8,10H,4,9H2,1-3H3,(H,18,23). The van der Waals surface area contributed by atoms with Gasteiger partial charge in [0, 0.05) is 37.2 Å². The van der Waals surface area contributed by atoms with Crippen molar-refractivity contribution in [1.29, 1.82) is 0 Å². The van der Waals surface area contributed by atoms with Gasteiger partial charge in [-0.2, -0.15) is 15.3 Å². The second kappa shape index (κ2) is 6.07. The molecular weight excluding hydrogens is 294 g/mol. The summed E-state index contributed by atoms with van der Waals surface area (Å²) in [5, 5.41) is 15.5. The van der Waals surface area contributed by atoms with Gasteiger partial charge in [0.1, 0.15) is 0 Å². The van der Waals surface area contributed by atoms with Crippen LogP contribution in [0.4, 0.5) is 5.69 Å². The van der Waals surface area contributed by atoms with Gasteiger partial charge >= 0.3 is 0 Å². The van der Waals surface area contributed by atoms with Crippen LogP contribution in [0.2, 0.25) is 0 Å². The van der Waals surface area contributed by atoms with E-state index in [0.717, 1.165) is 17.8 Å². The minimum absolute atomic E-state index is 0.250. The largest absolute Gasteiger partial charge is 0.318 e.